The molecule has 3 aromatic carbocycles. The summed E-state index contributed by atoms with van der Waals surface area (Å²) in [7, 11) is 3.54. The standard InChI is InChI=1S/C29H22N8O2/c1-30-28(38)16-7-10-25-23(11-16)33-27(37(25)17-8-9-21-22(12-17)35-29(39)34-21)19-13-24(26-14-31-15-36(26)2)32-20-6-4-3-5-18(19)20/h3-15H,1-2H3,(H,30,38)(H2,34,35,39). The van der Waals surface area contributed by atoms with Crippen LogP contribution in [0.1, 0.15) is 10.4 Å². The van der Waals surface area contributed by atoms with E-state index in [9.17, 15) is 9.59 Å². The molecular formula is C29H22N8O2. The van der Waals surface area contributed by atoms with Gasteiger partial charge in [0.15, 0.2) is 0 Å². The van der Waals surface area contributed by atoms with E-state index in [4.69, 9.17) is 9.97 Å². The van der Waals surface area contributed by atoms with Gasteiger partial charge in [0.05, 0.1) is 51.5 Å². The van der Waals surface area contributed by atoms with Crippen LogP contribution in [0.15, 0.2) is 84.0 Å². The van der Waals surface area contributed by atoms with Gasteiger partial charge in [-0.25, -0.2) is 19.7 Å². The van der Waals surface area contributed by atoms with Crippen LogP contribution in [-0.2, 0) is 7.05 Å². The Labute approximate surface area is 221 Å². The molecule has 0 radical (unpaired) electrons. The van der Waals surface area contributed by atoms with E-state index in [1.54, 1.807) is 31.7 Å². The van der Waals surface area contributed by atoms with Gasteiger partial charge in [-0.15, -0.1) is 0 Å². The van der Waals surface area contributed by atoms with Crippen molar-refractivity contribution in [1.82, 2.24) is 39.4 Å². The number of benzene rings is 3. The number of hydrogen-bond acceptors (Lipinski definition) is 5. The van der Waals surface area contributed by atoms with Gasteiger partial charge in [-0.2, -0.15) is 0 Å². The van der Waals surface area contributed by atoms with Crippen molar-refractivity contribution >= 4 is 38.9 Å². The van der Waals surface area contributed by atoms with Crippen LogP contribution in [0.3, 0.4) is 0 Å². The van der Waals surface area contributed by atoms with Gasteiger partial charge in [0.25, 0.3) is 5.91 Å². The van der Waals surface area contributed by atoms with E-state index in [0.717, 1.165) is 39.1 Å². The number of aryl methyl sites for hydroxylation is 1. The lowest BCUT2D eigenvalue weighted by Gasteiger charge is -2.13. The fraction of sp³-hybridized carbons (Fsp3) is 0.0690. The lowest BCUT2D eigenvalue weighted by Crippen LogP contribution is -2.17. The lowest BCUT2D eigenvalue weighted by atomic mass is 10.1. The first-order valence-electron chi connectivity index (χ1n) is 12.3. The highest BCUT2D eigenvalue weighted by molar-refractivity contribution is 6.00. The normalized spacial score (nSPS) is 11.5. The minimum absolute atomic E-state index is 0.188. The summed E-state index contributed by atoms with van der Waals surface area (Å²) in [5.41, 5.74) is 7.26. The van der Waals surface area contributed by atoms with Crippen LogP contribution in [0.25, 0.3) is 61.4 Å². The molecule has 10 nitrogen and oxygen atoms in total. The third kappa shape index (κ3) is 3.61. The van der Waals surface area contributed by atoms with Crippen molar-refractivity contribution in [3.8, 4) is 28.5 Å². The summed E-state index contributed by atoms with van der Waals surface area (Å²) >= 11 is 0. The number of para-hydroxylation sites is 1. The summed E-state index contributed by atoms with van der Waals surface area (Å²) in [5, 5.41) is 3.61. The molecule has 3 N–H and O–H groups in total. The highest BCUT2D eigenvalue weighted by atomic mass is 16.1. The zero-order chi connectivity index (χ0) is 26.7. The summed E-state index contributed by atoms with van der Waals surface area (Å²) in [4.78, 5) is 44.3. The number of fused-ring (bicyclic) bond motifs is 3. The second-order valence-corrected chi connectivity index (χ2v) is 9.32. The van der Waals surface area contributed by atoms with Gasteiger partial charge in [-0.05, 0) is 48.5 Å². The summed E-state index contributed by atoms with van der Waals surface area (Å²) < 4.78 is 3.97. The Morgan fingerprint density at radius 3 is 2.59 bits per heavy atom. The maximum Gasteiger partial charge on any atom is 0.323 e. The Hall–Kier alpha value is -5.51. The average Bonchev–Trinajstić information content (AvgIpc) is 3.66. The van der Waals surface area contributed by atoms with E-state index in [2.05, 4.69) is 20.3 Å². The zero-order valence-electron chi connectivity index (χ0n) is 21.1. The highest BCUT2D eigenvalue weighted by Gasteiger charge is 2.20. The van der Waals surface area contributed by atoms with E-state index < -0.39 is 0 Å². The molecular weight excluding hydrogens is 492 g/mol. The number of amides is 1. The first-order valence-corrected chi connectivity index (χ1v) is 12.3. The number of aromatic amines is 2. The second kappa shape index (κ2) is 8.52. The fourth-order valence-electron chi connectivity index (χ4n) is 5.06. The maximum atomic E-state index is 12.4. The molecule has 4 aromatic heterocycles. The average molecular weight is 515 g/mol. The molecule has 1 amide bonds. The Bertz CT molecular complexity index is 2130. The second-order valence-electron chi connectivity index (χ2n) is 9.32. The molecule has 190 valence electrons. The van der Waals surface area contributed by atoms with Crippen LogP contribution in [0.2, 0.25) is 0 Å². The summed E-state index contributed by atoms with van der Waals surface area (Å²) in [6.45, 7) is 0. The van der Waals surface area contributed by atoms with E-state index in [0.29, 0.717) is 27.9 Å². The number of imidazole rings is 3. The SMILES string of the molecule is CNC(=O)c1ccc2c(c1)nc(-c1cc(-c3cncn3C)nc3ccccc13)n2-c1ccc2[nH]c(=O)[nH]c2c1. The summed E-state index contributed by atoms with van der Waals surface area (Å²) in [6, 6.07) is 21.1. The van der Waals surface area contributed by atoms with E-state index in [-0.39, 0.29) is 11.6 Å². The molecule has 4 heterocycles. The third-order valence-electron chi connectivity index (χ3n) is 6.94. The van der Waals surface area contributed by atoms with Gasteiger partial charge in [0.2, 0.25) is 0 Å². The quantitative estimate of drug-likeness (QED) is 0.325. The number of rotatable bonds is 4. The predicted octanol–water partition coefficient (Wildman–Crippen LogP) is 4.17. The molecule has 10 heteroatoms. The summed E-state index contributed by atoms with van der Waals surface area (Å²) in [5.74, 6) is 0.491. The van der Waals surface area contributed by atoms with Crippen LogP contribution in [0, 0.1) is 0 Å². The van der Waals surface area contributed by atoms with Gasteiger partial charge in [0.1, 0.15) is 5.82 Å². The zero-order valence-corrected chi connectivity index (χ0v) is 21.1. The molecule has 0 aliphatic heterocycles. The maximum absolute atomic E-state index is 12.4. The molecule has 0 aliphatic rings. The summed E-state index contributed by atoms with van der Waals surface area (Å²) in [6.07, 6.45) is 3.53. The van der Waals surface area contributed by atoms with Gasteiger partial charge < -0.3 is 19.9 Å². The Morgan fingerprint density at radius 2 is 1.77 bits per heavy atom. The third-order valence-corrected chi connectivity index (χ3v) is 6.94. The van der Waals surface area contributed by atoms with Crippen molar-refractivity contribution in [2.24, 2.45) is 7.05 Å². The van der Waals surface area contributed by atoms with Gasteiger partial charge in [-0.1, -0.05) is 18.2 Å². The Balaban J connectivity index is 1.57. The van der Waals surface area contributed by atoms with Crippen molar-refractivity contribution in [3.05, 3.63) is 95.3 Å². The number of carbonyl (C=O) groups excluding carboxylic acids is 1. The van der Waals surface area contributed by atoms with Crippen molar-refractivity contribution < 1.29 is 4.79 Å². The Kier molecular flexibility index (Phi) is 4.95. The predicted molar refractivity (Wildman–Crippen MR) is 150 cm³/mol. The number of hydrogen-bond donors (Lipinski definition) is 3. The highest BCUT2D eigenvalue weighted by Crippen LogP contribution is 2.36. The number of pyridine rings is 1. The molecule has 0 bridgehead atoms. The number of aromatic nitrogens is 7. The molecule has 7 aromatic rings. The van der Waals surface area contributed by atoms with Crippen LogP contribution in [0.5, 0.6) is 0 Å². The van der Waals surface area contributed by atoms with Crippen LogP contribution >= 0.6 is 0 Å². The minimum atomic E-state index is -0.269. The lowest BCUT2D eigenvalue weighted by molar-refractivity contribution is 0.0963. The molecule has 0 spiro atoms. The smallest absolute Gasteiger partial charge is 0.323 e. The molecule has 0 atom stereocenters. The molecule has 0 saturated carbocycles. The molecule has 39 heavy (non-hydrogen) atoms. The molecule has 7 rings (SSSR count). The number of H-pyrrole nitrogens is 2. The Morgan fingerprint density at radius 1 is 0.923 bits per heavy atom. The first-order chi connectivity index (χ1) is 19.0. The molecule has 0 fully saturated rings. The van der Waals surface area contributed by atoms with Crippen LogP contribution in [-0.4, -0.2) is 47.0 Å². The van der Waals surface area contributed by atoms with Crippen molar-refractivity contribution in [3.63, 3.8) is 0 Å². The molecule has 0 aliphatic carbocycles. The fourth-order valence-corrected chi connectivity index (χ4v) is 5.06. The van der Waals surface area contributed by atoms with Gasteiger partial charge in [-0.3, -0.25) is 9.36 Å². The largest absolute Gasteiger partial charge is 0.355 e. The van der Waals surface area contributed by atoms with E-state index in [1.165, 1.54) is 0 Å². The van der Waals surface area contributed by atoms with Crippen LogP contribution in [0.4, 0.5) is 0 Å². The number of carbonyl (C=O) groups is 1. The van der Waals surface area contributed by atoms with Gasteiger partial charge in [0, 0.05) is 36.3 Å². The molecule has 0 saturated heterocycles. The number of nitrogens with one attached hydrogen (secondary N) is 3. The minimum Gasteiger partial charge on any atom is -0.355 e. The van der Waals surface area contributed by atoms with Crippen LogP contribution < -0.4 is 11.0 Å². The van der Waals surface area contributed by atoms with Crippen molar-refractivity contribution in [2.45, 2.75) is 0 Å². The van der Waals surface area contributed by atoms with Gasteiger partial charge >= 0.3 is 5.69 Å². The molecule has 0 unspecified atom stereocenters. The van der Waals surface area contributed by atoms with E-state index >= 15 is 0 Å². The number of nitrogens with zero attached hydrogens (tertiary/aromatic N) is 5. The monoisotopic (exact) mass is 514 g/mol. The van der Waals surface area contributed by atoms with Crippen molar-refractivity contribution in [1.29, 1.82) is 0 Å². The topological polar surface area (TPSA) is 126 Å². The van der Waals surface area contributed by atoms with Crippen molar-refractivity contribution in [2.75, 3.05) is 7.05 Å². The van der Waals surface area contributed by atoms with E-state index in [1.807, 2.05) is 70.8 Å². The first kappa shape index (κ1) is 22.7.